The fourth-order valence-corrected chi connectivity index (χ4v) is 2.33. The van der Waals surface area contributed by atoms with E-state index in [0.717, 1.165) is 11.8 Å². The maximum Gasteiger partial charge on any atom is 0.0303 e. The van der Waals surface area contributed by atoms with E-state index in [4.69, 9.17) is 1.37 Å². The lowest BCUT2D eigenvalue weighted by atomic mass is 9.91. The Morgan fingerprint density at radius 3 is 2.50 bits per heavy atom. The number of fused-ring (bicyclic) bond motifs is 2. The first kappa shape index (κ1) is 3.92. The second-order valence-corrected chi connectivity index (χ2v) is 3.43. The van der Waals surface area contributed by atoms with Crippen molar-refractivity contribution in [3.8, 4) is 0 Å². The van der Waals surface area contributed by atoms with E-state index in [1.165, 1.54) is 25.7 Å². The lowest BCUT2D eigenvalue weighted by Crippen LogP contribution is -2.04. The molecule has 0 aromatic heterocycles. The van der Waals surface area contributed by atoms with Crippen molar-refractivity contribution >= 4 is 0 Å². The molecule has 2 saturated carbocycles. The monoisotopic (exact) mass is 111 g/mol. The first-order valence-corrected chi connectivity index (χ1v) is 3.68. The summed E-state index contributed by atoms with van der Waals surface area (Å²) in [6, 6.07) is 0. The third-order valence-electron chi connectivity index (χ3n) is 2.85. The molecular weight excluding hydrogens is 96.1 g/mol. The van der Waals surface area contributed by atoms with E-state index in [9.17, 15) is 0 Å². The van der Waals surface area contributed by atoms with Gasteiger partial charge in [-0.05, 0) is 37.0 Å². The van der Waals surface area contributed by atoms with E-state index < -0.39 is 0 Å². The van der Waals surface area contributed by atoms with Gasteiger partial charge in [0.1, 0.15) is 0 Å². The Kier molecular flexibility index (Phi) is 0.731. The van der Waals surface area contributed by atoms with Crippen molar-refractivity contribution in [1.82, 2.24) is 0 Å². The highest BCUT2D eigenvalue weighted by molar-refractivity contribution is 4.87. The maximum atomic E-state index is 7.87. The van der Waals surface area contributed by atoms with Gasteiger partial charge in [-0.1, -0.05) is 13.3 Å². The minimum atomic E-state index is -0.0388. The van der Waals surface area contributed by atoms with Crippen LogP contribution >= 0.6 is 0 Å². The number of hydrogen-bond donors (Lipinski definition) is 0. The Balaban J connectivity index is 2.18. The van der Waals surface area contributed by atoms with Crippen LogP contribution in [0.3, 0.4) is 0 Å². The van der Waals surface area contributed by atoms with E-state index >= 15 is 0 Å². The smallest absolute Gasteiger partial charge is 0.0303 e. The van der Waals surface area contributed by atoms with E-state index in [1.54, 1.807) is 0 Å². The highest BCUT2D eigenvalue weighted by Gasteiger charge is 2.36. The van der Waals surface area contributed by atoms with Crippen molar-refractivity contribution in [3.63, 3.8) is 0 Å². The van der Waals surface area contributed by atoms with E-state index in [1.807, 2.05) is 0 Å². The van der Waals surface area contributed by atoms with Crippen LogP contribution in [0.5, 0.6) is 0 Å². The van der Waals surface area contributed by atoms with Crippen LogP contribution in [0, 0.1) is 17.7 Å². The van der Waals surface area contributed by atoms with Crippen molar-refractivity contribution in [2.75, 3.05) is 0 Å². The Hall–Kier alpha value is 0. The average Bonchev–Trinajstić information content (AvgIpc) is 2.19. The van der Waals surface area contributed by atoms with Gasteiger partial charge in [0, 0.05) is 1.37 Å². The molecule has 0 radical (unpaired) electrons. The summed E-state index contributed by atoms with van der Waals surface area (Å²) < 4.78 is 7.87. The Morgan fingerprint density at radius 2 is 2.25 bits per heavy atom. The average molecular weight is 111 g/mol. The van der Waals surface area contributed by atoms with Gasteiger partial charge in [0.25, 0.3) is 0 Å². The van der Waals surface area contributed by atoms with Crippen LogP contribution in [0.1, 0.15) is 34.0 Å². The molecule has 0 saturated heterocycles. The molecule has 0 N–H and O–H groups in total. The van der Waals surface area contributed by atoms with Gasteiger partial charge in [0.2, 0.25) is 0 Å². The van der Waals surface area contributed by atoms with Gasteiger partial charge in [-0.15, -0.1) is 0 Å². The zero-order valence-corrected chi connectivity index (χ0v) is 5.48. The van der Waals surface area contributed by atoms with Crippen LogP contribution in [-0.4, -0.2) is 0 Å². The van der Waals surface area contributed by atoms with Gasteiger partial charge in [0.05, 0.1) is 0 Å². The van der Waals surface area contributed by atoms with Crippen molar-refractivity contribution in [1.29, 1.82) is 0 Å². The van der Waals surface area contributed by atoms with Gasteiger partial charge in [-0.25, -0.2) is 0 Å². The van der Waals surface area contributed by atoms with Crippen molar-refractivity contribution < 1.29 is 1.37 Å². The summed E-state index contributed by atoms with van der Waals surface area (Å²) in [5.74, 6) is 1.64. The first-order chi connectivity index (χ1) is 4.18. The predicted molar refractivity (Wildman–Crippen MR) is 34.6 cm³/mol. The second kappa shape index (κ2) is 1.49. The predicted octanol–water partition coefficient (Wildman–Crippen LogP) is 2.44. The molecule has 2 fully saturated rings. The molecule has 0 heterocycles. The summed E-state index contributed by atoms with van der Waals surface area (Å²) in [4.78, 5) is 0. The number of hydrogen-bond acceptors (Lipinski definition) is 0. The number of rotatable bonds is 0. The molecule has 0 aromatic rings. The highest BCUT2D eigenvalue weighted by atomic mass is 14.4. The SMILES string of the molecule is [2H]C1(C)CC2CCC1C2. The van der Waals surface area contributed by atoms with Gasteiger partial charge in [-0.2, -0.15) is 0 Å². The Morgan fingerprint density at radius 1 is 1.38 bits per heavy atom. The summed E-state index contributed by atoms with van der Waals surface area (Å²) in [5, 5.41) is 0. The standard InChI is InChI=1S/C8H14/c1-6-4-7-2-3-8(6)5-7/h6-8H,2-5H2,1H3/i6D. The topological polar surface area (TPSA) is 0 Å². The van der Waals surface area contributed by atoms with Crippen LogP contribution in [0.2, 0.25) is 0 Å². The minimum absolute atomic E-state index is 0.0388. The highest BCUT2D eigenvalue weighted by Crippen LogP contribution is 2.47. The molecule has 46 valence electrons. The molecular formula is C8H14. The normalized spacial score (nSPS) is 63.9. The third kappa shape index (κ3) is 0.519. The van der Waals surface area contributed by atoms with E-state index in [-0.39, 0.29) is 5.89 Å². The molecule has 0 spiro atoms. The first-order valence-electron chi connectivity index (χ1n) is 4.18. The summed E-state index contributed by atoms with van der Waals surface area (Å²) in [5.41, 5.74) is 0. The summed E-state index contributed by atoms with van der Waals surface area (Å²) in [6.07, 6.45) is 5.29. The van der Waals surface area contributed by atoms with Gasteiger partial charge < -0.3 is 0 Å². The van der Waals surface area contributed by atoms with Crippen LogP contribution in [0.4, 0.5) is 0 Å². The van der Waals surface area contributed by atoms with Gasteiger partial charge >= 0.3 is 0 Å². The fraction of sp³-hybridized carbons (Fsp3) is 1.00. The molecule has 0 aliphatic heterocycles. The Bertz CT molecular complexity index is 129. The molecule has 2 aliphatic rings. The van der Waals surface area contributed by atoms with E-state index in [0.29, 0.717) is 0 Å². The molecule has 2 aliphatic carbocycles. The minimum Gasteiger partial charge on any atom is -0.0622 e. The second-order valence-electron chi connectivity index (χ2n) is 3.43. The molecule has 0 heteroatoms. The van der Waals surface area contributed by atoms with Crippen LogP contribution in [0.25, 0.3) is 0 Å². The van der Waals surface area contributed by atoms with Crippen molar-refractivity contribution in [3.05, 3.63) is 0 Å². The molecule has 3 unspecified atom stereocenters. The Labute approximate surface area is 52.7 Å². The molecule has 8 heavy (non-hydrogen) atoms. The van der Waals surface area contributed by atoms with Gasteiger partial charge in [0.15, 0.2) is 0 Å². The molecule has 2 bridgehead atoms. The largest absolute Gasteiger partial charge is 0.0622 e. The summed E-state index contributed by atoms with van der Waals surface area (Å²) >= 11 is 0. The summed E-state index contributed by atoms with van der Waals surface area (Å²) in [7, 11) is 0. The zero-order valence-electron chi connectivity index (χ0n) is 6.48. The molecule has 3 atom stereocenters. The molecule has 0 nitrogen and oxygen atoms in total. The quantitative estimate of drug-likeness (QED) is 0.450. The maximum absolute atomic E-state index is 7.87. The van der Waals surface area contributed by atoms with Gasteiger partial charge in [-0.3, -0.25) is 0 Å². The fourth-order valence-electron chi connectivity index (χ4n) is 2.33. The lowest BCUT2D eigenvalue weighted by Gasteiger charge is -2.15. The third-order valence-corrected chi connectivity index (χ3v) is 2.85. The van der Waals surface area contributed by atoms with Crippen LogP contribution in [0.15, 0.2) is 0 Å². The van der Waals surface area contributed by atoms with Crippen LogP contribution in [-0.2, 0) is 0 Å². The molecule has 0 aromatic carbocycles. The van der Waals surface area contributed by atoms with E-state index in [2.05, 4.69) is 6.92 Å². The zero-order chi connectivity index (χ0) is 6.48. The lowest BCUT2D eigenvalue weighted by molar-refractivity contribution is 0.360. The molecule has 2 rings (SSSR count). The van der Waals surface area contributed by atoms with Crippen molar-refractivity contribution in [2.24, 2.45) is 17.7 Å². The molecule has 0 amide bonds. The van der Waals surface area contributed by atoms with Crippen molar-refractivity contribution in [2.45, 2.75) is 32.6 Å². The van der Waals surface area contributed by atoms with Crippen LogP contribution < -0.4 is 0 Å². The summed E-state index contributed by atoms with van der Waals surface area (Å²) in [6.45, 7) is 2.11.